The lowest BCUT2D eigenvalue weighted by atomic mass is 10.4. The number of rotatable bonds is 1. The summed E-state index contributed by atoms with van der Waals surface area (Å²) in [6, 6.07) is 0. The topological polar surface area (TPSA) is 78.1 Å². The van der Waals surface area contributed by atoms with Crippen LogP contribution in [0.5, 0.6) is 0 Å². The first kappa shape index (κ1) is 16.0. The molecule has 0 aromatic rings. The van der Waals surface area contributed by atoms with E-state index >= 15 is 0 Å². The van der Waals surface area contributed by atoms with Crippen LogP contribution in [0.4, 0.5) is 0 Å². The van der Waals surface area contributed by atoms with E-state index in [4.69, 9.17) is 0 Å². The standard InChI is InChI=1S/C4H8.C3H5NO.H3N/c1-4(2)3;1-2-3(4)5;/h1H2,2-3H3;2H,1H2,(H2,4,5);1H3. The van der Waals surface area contributed by atoms with E-state index in [2.05, 4.69) is 18.9 Å². The molecular weight excluding hydrogens is 128 g/mol. The maximum absolute atomic E-state index is 9.47. The normalized spacial score (nSPS) is 5.80. The van der Waals surface area contributed by atoms with Gasteiger partial charge >= 0.3 is 0 Å². The first-order valence-electron chi connectivity index (χ1n) is 2.54. The summed E-state index contributed by atoms with van der Waals surface area (Å²) in [4.78, 5) is 9.47. The smallest absolute Gasteiger partial charge is 0.240 e. The van der Waals surface area contributed by atoms with Gasteiger partial charge < -0.3 is 11.9 Å². The molecule has 0 saturated carbocycles. The zero-order valence-electron chi connectivity index (χ0n) is 6.68. The highest BCUT2D eigenvalue weighted by atomic mass is 16.1. The molecule has 3 heteroatoms. The summed E-state index contributed by atoms with van der Waals surface area (Å²) in [6.45, 7) is 10.6. The molecule has 0 spiro atoms. The van der Waals surface area contributed by atoms with Gasteiger partial charge in [-0.2, -0.15) is 0 Å². The van der Waals surface area contributed by atoms with E-state index < -0.39 is 5.91 Å². The van der Waals surface area contributed by atoms with Crippen molar-refractivity contribution in [1.82, 2.24) is 6.15 Å². The lowest BCUT2D eigenvalue weighted by molar-refractivity contribution is -0.113. The van der Waals surface area contributed by atoms with Gasteiger partial charge in [0.25, 0.3) is 0 Å². The highest BCUT2D eigenvalue weighted by Gasteiger charge is 1.69. The molecule has 0 heterocycles. The Bertz CT molecular complexity index is 115. The van der Waals surface area contributed by atoms with Gasteiger partial charge in [0, 0.05) is 0 Å². The fourth-order valence-electron chi connectivity index (χ4n) is 0. The van der Waals surface area contributed by atoms with Crippen molar-refractivity contribution in [3.05, 3.63) is 24.8 Å². The molecule has 0 fully saturated rings. The van der Waals surface area contributed by atoms with Crippen LogP contribution in [0.2, 0.25) is 0 Å². The van der Waals surface area contributed by atoms with E-state index in [0.717, 1.165) is 6.08 Å². The van der Waals surface area contributed by atoms with Gasteiger partial charge in [-0.1, -0.05) is 12.2 Å². The number of hydrogen-bond donors (Lipinski definition) is 2. The van der Waals surface area contributed by atoms with E-state index in [1.165, 1.54) is 5.57 Å². The molecule has 0 radical (unpaired) electrons. The third-order valence-electron chi connectivity index (χ3n) is 0.201. The molecule has 0 atom stereocenters. The first-order valence-corrected chi connectivity index (χ1v) is 2.54. The predicted molar refractivity (Wildman–Crippen MR) is 44.9 cm³/mol. The van der Waals surface area contributed by atoms with Gasteiger partial charge in [0.05, 0.1) is 0 Å². The number of hydrogen-bond acceptors (Lipinski definition) is 2. The second kappa shape index (κ2) is 10.8. The highest BCUT2D eigenvalue weighted by Crippen LogP contribution is 1.73. The van der Waals surface area contributed by atoms with Gasteiger partial charge in [-0.15, -0.1) is 6.58 Å². The Kier molecular flexibility index (Phi) is 17.3. The Morgan fingerprint density at radius 1 is 1.50 bits per heavy atom. The van der Waals surface area contributed by atoms with Crippen molar-refractivity contribution in [2.24, 2.45) is 5.73 Å². The lowest BCUT2D eigenvalue weighted by Gasteiger charge is -1.65. The third kappa shape index (κ3) is 291. The zero-order chi connectivity index (χ0) is 7.86. The van der Waals surface area contributed by atoms with Crippen LogP contribution in [0.1, 0.15) is 13.8 Å². The van der Waals surface area contributed by atoms with Gasteiger partial charge in [0.1, 0.15) is 0 Å². The minimum absolute atomic E-state index is 0. The number of amides is 1. The molecule has 60 valence electrons. The molecule has 5 N–H and O–H groups in total. The molecule has 0 unspecified atom stereocenters. The molecule has 0 aliphatic carbocycles. The van der Waals surface area contributed by atoms with Gasteiger partial charge in [-0.05, 0) is 19.9 Å². The van der Waals surface area contributed by atoms with Crippen LogP contribution in [0.25, 0.3) is 0 Å². The number of allylic oxidation sites excluding steroid dienone is 1. The molecule has 0 aliphatic heterocycles. The number of carbonyl (C=O) groups is 1. The largest absolute Gasteiger partial charge is 0.366 e. The molecule has 10 heavy (non-hydrogen) atoms. The molecular formula is C7H16N2O. The van der Waals surface area contributed by atoms with Crippen molar-refractivity contribution in [3.63, 3.8) is 0 Å². The maximum atomic E-state index is 9.47. The average molecular weight is 144 g/mol. The fraction of sp³-hybridized carbons (Fsp3) is 0.286. The maximum Gasteiger partial charge on any atom is 0.240 e. The summed E-state index contributed by atoms with van der Waals surface area (Å²) < 4.78 is 0. The van der Waals surface area contributed by atoms with Crippen molar-refractivity contribution >= 4 is 5.91 Å². The summed E-state index contributed by atoms with van der Waals surface area (Å²) in [6.07, 6.45) is 1.06. The van der Waals surface area contributed by atoms with Crippen LogP contribution in [-0.4, -0.2) is 5.91 Å². The van der Waals surface area contributed by atoms with Crippen LogP contribution in [0.3, 0.4) is 0 Å². The van der Waals surface area contributed by atoms with E-state index in [1.54, 1.807) is 0 Å². The molecule has 0 rings (SSSR count). The van der Waals surface area contributed by atoms with Crippen LogP contribution in [-0.2, 0) is 4.79 Å². The summed E-state index contributed by atoms with van der Waals surface area (Å²) in [7, 11) is 0. The molecule has 0 aromatic heterocycles. The van der Waals surface area contributed by atoms with E-state index in [0.29, 0.717) is 0 Å². The summed E-state index contributed by atoms with van der Waals surface area (Å²) in [5.41, 5.74) is 5.70. The Hall–Kier alpha value is -1.09. The SMILES string of the molecule is C=C(C)C.C=CC(N)=O.N. The molecule has 0 saturated heterocycles. The van der Waals surface area contributed by atoms with Crippen molar-refractivity contribution in [2.75, 3.05) is 0 Å². The Morgan fingerprint density at radius 2 is 1.60 bits per heavy atom. The van der Waals surface area contributed by atoms with Gasteiger partial charge in [0.15, 0.2) is 0 Å². The molecule has 1 amide bonds. The van der Waals surface area contributed by atoms with Crippen molar-refractivity contribution in [2.45, 2.75) is 13.8 Å². The lowest BCUT2D eigenvalue weighted by Crippen LogP contribution is -2.04. The Morgan fingerprint density at radius 3 is 1.60 bits per heavy atom. The number of primary amides is 1. The van der Waals surface area contributed by atoms with Crippen LogP contribution >= 0.6 is 0 Å². The predicted octanol–water partition coefficient (Wildman–Crippen LogP) is 1.40. The first-order chi connectivity index (χ1) is 4.00. The molecule has 0 bridgehead atoms. The fourth-order valence-corrected chi connectivity index (χ4v) is 0. The molecule has 3 nitrogen and oxygen atoms in total. The molecule has 0 aliphatic rings. The minimum atomic E-state index is -0.481. The van der Waals surface area contributed by atoms with Crippen LogP contribution < -0.4 is 11.9 Å². The Balaban J connectivity index is -0.0000000910. The van der Waals surface area contributed by atoms with E-state index in [-0.39, 0.29) is 6.15 Å². The van der Waals surface area contributed by atoms with Gasteiger partial charge in [-0.3, -0.25) is 4.79 Å². The van der Waals surface area contributed by atoms with E-state index in [1.807, 2.05) is 13.8 Å². The second-order valence-electron chi connectivity index (χ2n) is 1.81. The van der Waals surface area contributed by atoms with Gasteiger partial charge in [-0.25, -0.2) is 0 Å². The summed E-state index contributed by atoms with van der Waals surface area (Å²) in [5, 5.41) is 0. The molecule has 0 aromatic carbocycles. The monoisotopic (exact) mass is 144 g/mol. The van der Waals surface area contributed by atoms with E-state index in [9.17, 15) is 4.79 Å². The minimum Gasteiger partial charge on any atom is -0.366 e. The van der Waals surface area contributed by atoms with Crippen molar-refractivity contribution in [3.8, 4) is 0 Å². The van der Waals surface area contributed by atoms with Gasteiger partial charge in [0.2, 0.25) is 5.91 Å². The van der Waals surface area contributed by atoms with Crippen molar-refractivity contribution in [1.29, 1.82) is 0 Å². The second-order valence-corrected chi connectivity index (χ2v) is 1.81. The highest BCUT2D eigenvalue weighted by molar-refractivity contribution is 5.84. The quantitative estimate of drug-likeness (QED) is 0.431. The van der Waals surface area contributed by atoms with Crippen molar-refractivity contribution < 1.29 is 4.79 Å². The summed E-state index contributed by atoms with van der Waals surface area (Å²) in [5.74, 6) is -0.481. The number of nitrogens with two attached hydrogens (primary N) is 1. The summed E-state index contributed by atoms with van der Waals surface area (Å²) >= 11 is 0. The van der Waals surface area contributed by atoms with Crippen LogP contribution in [0, 0.1) is 0 Å². The number of carbonyl (C=O) groups excluding carboxylic acids is 1. The zero-order valence-corrected chi connectivity index (χ0v) is 6.68. The Labute approximate surface area is 62.2 Å². The van der Waals surface area contributed by atoms with Crippen LogP contribution in [0.15, 0.2) is 24.8 Å². The third-order valence-corrected chi connectivity index (χ3v) is 0.201. The average Bonchev–Trinajstić information content (AvgIpc) is 1.65.